The second-order valence-corrected chi connectivity index (χ2v) is 4.09. The maximum Gasteiger partial charge on any atom is 0.187 e. The quantitative estimate of drug-likeness (QED) is 0.526. The van der Waals surface area contributed by atoms with Gasteiger partial charge in [-0.2, -0.15) is 0 Å². The van der Waals surface area contributed by atoms with Crippen LogP contribution in [0.3, 0.4) is 0 Å². The molecule has 4 N–H and O–H groups in total. The average molecular weight is 260 g/mol. The maximum atomic E-state index is 9.68. The van der Waals surface area contributed by atoms with E-state index in [1.807, 2.05) is 0 Å². The first-order valence-electron chi connectivity index (χ1n) is 5.58. The lowest BCUT2D eigenvalue weighted by molar-refractivity contribution is -0.304. The van der Waals surface area contributed by atoms with E-state index in [4.69, 9.17) is 19.0 Å². The highest BCUT2D eigenvalue weighted by Crippen LogP contribution is 2.22. The molecule has 0 spiro atoms. The summed E-state index contributed by atoms with van der Waals surface area (Å²) in [5.74, 6) is 0.534. The van der Waals surface area contributed by atoms with Crippen LogP contribution in [0.1, 0.15) is 5.76 Å². The Bertz CT molecular complexity index is 350. The third-order valence-corrected chi connectivity index (χ3v) is 2.82. The van der Waals surface area contributed by atoms with Crippen molar-refractivity contribution in [3.63, 3.8) is 0 Å². The predicted octanol–water partition coefficient (Wildman–Crippen LogP) is -1.40. The molecule has 7 nitrogen and oxygen atoms in total. The predicted molar refractivity (Wildman–Crippen MR) is 57.3 cm³/mol. The highest BCUT2D eigenvalue weighted by molar-refractivity contribution is 4.96. The number of hydrogen-bond acceptors (Lipinski definition) is 7. The van der Waals surface area contributed by atoms with E-state index in [0.717, 1.165) is 0 Å². The van der Waals surface area contributed by atoms with Crippen LogP contribution in [0.4, 0.5) is 0 Å². The molecule has 0 aromatic carbocycles. The Morgan fingerprint density at radius 1 is 1.17 bits per heavy atom. The van der Waals surface area contributed by atoms with Crippen LogP contribution in [-0.4, -0.2) is 57.7 Å². The van der Waals surface area contributed by atoms with Crippen LogP contribution < -0.4 is 0 Å². The van der Waals surface area contributed by atoms with E-state index in [-0.39, 0.29) is 6.61 Å². The van der Waals surface area contributed by atoms with Crippen molar-refractivity contribution in [2.45, 2.75) is 37.3 Å². The zero-order valence-corrected chi connectivity index (χ0v) is 9.55. The van der Waals surface area contributed by atoms with Gasteiger partial charge in [-0.15, -0.1) is 0 Å². The van der Waals surface area contributed by atoms with E-state index >= 15 is 0 Å². The number of aliphatic hydroxyl groups is 4. The molecule has 0 amide bonds. The molecule has 0 bridgehead atoms. The van der Waals surface area contributed by atoms with Gasteiger partial charge in [-0.05, 0) is 12.1 Å². The lowest BCUT2D eigenvalue weighted by Crippen LogP contribution is -2.59. The Morgan fingerprint density at radius 2 is 1.94 bits per heavy atom. The molecule has 1 aliphatic rings. The van der Waals surface area contributed by atoms with Gasteiger partial charge in [0.1, 0.15) is 36.8 Å². The summed E-state index contributed by atoms with van der Waals surface area (Å²) in [5.41, 5.74) is 0. The maximum absolute atomic E-state index is 9.68. The van der Waals surface area contributed by atoms with Crippen molar-refractivity contribution >= 4 is 0 Å². The molecule has 1 aliphatic heterocycles. The third-order valence-electron chi connectivity index (χ3n) is 2.82. The fourth-order valence-electron chi connectivity index (χ4n) is 1.76. The summed E-state index contributed by atoms with van der Waals surface area (Å²) < 4.78 is 15.4. The van der Waals surface area contributed by atoms with Crippen LogP contribution in [0.2, 0.25) is 0 Å². The fraction of sp³-hybridized carbons (Fsp3) is 0.636. The Morgan fingerprint density at radius 3 is 2.56 bits per heavy atom. The SMILES string of the molecule is OC[C@H]1O[C@@H](OCc2ccco2)[C@H](O)[C@@H](O)[C@H]1O. The number of rotatable bonds is 4. The first-order chi connectivity index (χ1) is 8.63. The Labute approximate surface area is 103 Å². The molecule has 1 saturated heterocycles. The molecule has 2 heterocycles. The average Bonchev–Trinajstić information content (AvgIpc) is 2.88. The first-order valence-corrected chi connectivity index (χ1v) is 5.58. The van der Waals surface area contributed by atoms with Crippen molar-refractivity contribution in [2.75, 3.05) is 6.61 Å². The number of ether oxygens (including phenoxy) is 2. The molecular weight excluding hydrogens is 244 g/mol. The monoisotopic (exact) mass is 260 g/mol. The van der Waals surface area contributed by atoms with Gasteiger partial charge in [0.05, 0.1) is 12.9 Å². The molecule has 5 atom stereocenters. The van der Waals surface area contributed by atoms with Crippen molar-refractivity contribution in [3.05, 3.63) is 24.2 Å². The molecule has 1 fully saturated rings. The van der Waals surface area contributed by atoms with Gasteiger partial charge in [0.15, 0.2) is 6.29 Å². The van der Waals surface area contributed by atoms with E-state index in [0.29, 0.717) is 5.76 Å². The van der Waals surface area contributed by atoms with Crippen molar-refractivity contribution in [1.82, 2.24) is 0 Å². The largest absolute Gasteiger partial charge is 0.467 e. The second kappa shape index (κ2) is 5.79. The summed E-state index contributed by atoms with van der Waals surface area (Å²) >= 11 is 0. The Kier molecular flexibility index (Phi) is 4.33. The third kappa shape index (κ3) is 2.72. The van der Waals surface area contributed by atoms with Gasteiger partial charge in [0.2, 0.25) is 0 Å². The number of aliphatic hydroxyl groups excluding tert-OH is 4. The molecule has 102 valence electrons. The van der Waals surface area contributed by atoms with E-state index < -0.39 is 37.3 Å². The van der Waals surface area contributed by atoms with Crippen molar-refractivity contribution in [2.24, 2.45) is 0 Å². The van der Waals surface area contributed by atoms with E-state index in [1.165, 1.54) is 6.26 Å². The van der Waals surface area contributed by atoms with Gasteiger partial charge >= 0.3 is 0 Å². The van der Waals surface area contributed by atoms with Crippen LogP contribution in [0, 0.1) is 0 Å². The summed E-state index contributed by atoms with van der Waals surface area (Å²) in [6, 6.07) is 3.37. The molecule has 1 aromatic heterocycles. The van der Waals surface area contributed by atoms with E-state index in [2.05, 4.69) is 0 Å². The van der Waals surface area contributed by atoms with Crippen LogP contribution >= 0.6 is 0 Å². The van der Waals surface area contributed by atoms with Gasteiger partial charge in [-0.25, -0.2) is 0 Å². The molecule has 0 unspecified atom stereocenters. The minimum absolute atomic E-state index is 0.0513. The lowest BCUT2D eigenvalue weighted by Gasteiger charge is -2.39. The van der Waals surface area contributed by atoms with E-state index in [1.54, 1.807) is 12.1 Å². The van der Waals surface area contributed by atoms with Gasteiger partial charge in [0, 0.05) is 0 Å². The summed E-state index contributed by atoms with van der Waals surface area (Å²) in [7, 11) is 0. The van der Waals surface area contributed by atoms with Gasteiger partial charge in [-0.1, -0.05) is 0 Å². The van der Waals surface area contributed by atoms with Crippen molar-refractivity contribution in [3.8, 4) is 0 Å². The van der Waals surface area contributed by atoms with Crippen LogP contribution in [0.15, 0.2) is 22.8 Å². The summed E-state index contributed by atoms with van der Waals surface area (Å²) in [4.78, 5) is 0. The number of hydrogen-bond donors (Lipinski definition) is 4. The molecule has 1 aromatic rings. The minimum atomic E-state index is -1.43. The topological polar surface area (TPSA) is 113 Å². The minimum Gasteiger partial charge on any atom is -0.467 e. The molecule has 0 saturated carbocycles. The van der Waals surface area contributed by atoms with Crippen molar-refractivity contribution in [1.29, 1.82) is 0 Å². The summed E-state index contributed by atoms with van der Waals surface area (Å²) in [5, 5.41) is 37.8. The Balaban J connectivity index is 1.94. The zero-order chi connectivity index (χ0) is 13.1. The highest BCUT2D eigenvalue weighted by Gasteiger charge is 2.44. The summed E-state index contributed by atoms with van der Waals surface area (Å²) in [6.45, 7) is -0.429. The summed E-state index contributed by atoms with van der Waals surface area (Å²) in [6.07, 6.45) is -4.83. The smallest absolute Gasteiger partial charge is 0.187 e. The van der Waals surface area contributed by atoms with Gasteiger partial charge in [0.25, 0.3) is 0 Å². The normalized spacial score (nSPS) is 36.8. The standard InChI is InChI=1S/C11H16O7/c12-4-7-8(13)9(14)10(15)11(18-7)17-5-6-2-1-3-16-6/h1-3,7-15H,4-5H2/t7-,8+,9+,10-,11-/m1/s1. The molecule has 2 rings (SSSR count). The zero-order valence-electron chi connectivity index (χ0n) is 9.55. The van der Waals surface area contributed by atoms with Crippen LogP contribution in [0.5, 0.6) is 0 Å². The Hall–Kier alpha value is -0.960. The molecule has 18 heavy (non-hydrogen) atoms. The van der Waals surface area contributed by atoms with Crippen LogP contribution in [-0.2, 0) is 16.1 Å². The first kappa shape index (κ1) is 13.5. The molecular formula is C11H16O7. The van der Waals surface area contributed by atoms with Gasteiger partial charge < -0.3 is 34.3 Å². The number of furan rings is 1. The van der Waals surface area contributed by atoms with E-state index in [9.17, 15) is 15.3 Å². The van der Waals surface area contributed by atoms with Crippen LogP contribution in [0.25, 0.3) is 0 Å². The second-order valence-electron chi connectivity index (χ2n) is 4.09. The lowest BCUT2D eigenvalue weighted by atomic mass is 9.99. The molecule has 0 aliphatic carbocycles. The van der Waals surface area contributed by atoms with Gasteiger partial charge in [-0.3, -0.25) is 0 Å². The molecule has 0 radical (unpaired) electrons. The van der Waals surface area contributed by atoms with Crippen molar-refractivity contribution < 1.29 is 34.3 Å². The fourth-order valence-corrected chi connectivity index (χ4v) is 1.76. The molecule has 7 heteroatoms. The highest BCUT2D eigenvalue weighted by atomic mass is 16.7.